The second-order valence-electron chi connectivity index (χ2n) is 3.42. The third-order valence-corrected chi connectivity index (χ3v) is 3.27. The SMILES string of the molecule is O=C1CN(CCc2cccs2)C(=O)CN1. The fraction of sp³-hybridized carbons (Fsp3) is 0.400. The Balaban J connectivity index is 1.88. The standard InChI is InChI=1S/C10H12N2O2S/c13-9-7-12(10(14)6-11-9)4-3-8-2-1-5-15-8/h1-2,5H,3-4,6-7H2,(H,11,13). The number of amides is 2. The van der Waals surface area contributed by atoms with Gasteiger partial charge in [-0.3, -0.25) is 9.59 Å². The fourth-order valence-corrected chi connectivity index (χ4v) is 2.21. The molecular formula is C10H12N2O2S. The van der Waals surface area contributed by atoms with Crippen molar-refractivity contribution in [3.63, 3.8) is 0 Å². The van der Waals surface area contributed by atoms with Crippen LogP contribution >= 0.6 is 11.3 Å². The Labute approximate surface area is 91.9 Å². The number of piperazine rings is 1. The number of carbonyl (C=O) groups excluding carboxylic acids is 2. The van der Waals surface area contributed by atoms with E-state index in [0.717, 1.165) is 6.42 Å². The predicted molar refractivity (Wildman–Crippen MR) is 57.6 cm³/mol. The van der Waals surface area contributed by atoms with E-state index in [-0.39, 0.29) is 24.9 Å². The predicted octanol–water partition coefficient (Wildman–Crippen LogP) is 0.249. The van der Waals surface area contributed by atoms with E-state index >= 15 is 0 Å². The van der Waals surface area contributed by atoms with Gasteiger partial charge in [0, 0.05) is 11.4 Å². The van der Waals surface area contributed by atoms with Gasteiger partial charge in [0.25, 0.3) is 0 Å². The van der Waals surface area contributed by atoms with Gasteiger partial charge < -0.3 is 10.2 Å². The van der Waals surface area contributed by atoms with Gasteiger partial charge in [0.15, 0.2) is 0 Å². The molecule has 0 spiro atoms. The van der Waals surface area contributed by atoms with Crippen molar-refractivity contribution in [1.29, 1.82) is 0 Å². The molecule has 0 radical (unpaired) electrons. The number of nitrogens with zero attached hydrogens (tertiary/aromatic N) is 1. The number of thiophene rings is 1. The quantitative estimate of drug-likeness (QED) is 0.800. The summed E-state index contributed by atoms with van der Waals surface area (Å²) in [5.41, 5.74) is 0. The average Bonchev–Trinajstić information content (AvgIpc) is 2.72. The van der Waals surface area contributed by atoms with Crippen LogP contribution in [0.4, 0.5) is 0 Å². The number of carbonyl (C=O) groups is 2. The lowest BCUT2D eigenvalue weighted by molar-refractivity contribution is -0.140. The number of hydrogen-bond donors (Lipinski definition) is 1. The Hall–Kier alpha value is -1.36. The van der Waals surface area contributed by atoms with Gasteiger partial charge in [-0.15, -0.1) is 11.3 Å². The molecule has 2 heterocycles. The van der Waals surface area contributed by atoms with Crippen molar-refractivity contribution in [3.8, 4) is 0 Å². The molecule has 1 aromatic heterocycles. The van der Waals surface area contributed by atoms with Crippen molar-refractivity contribution in [2.75, 3.05) is 19.6 Å². The molecule has 2 amide bonds. The van der Waals surface area contributed by atoms with Crippen LogP contribution in [0.25, 0.3) is 0 Å². The topological polar surface area (TPSA) is 49.4 Å². The second-order valence-corrected chi connectivity index (χ2v) is 4.45. The zero-order valence-corrected chi connectivity index (χ0v) is 9.05. The Morgan fingerprint density at radius 2 is 2.33 bits per heavy atom. The maximum absolute atomic E-state index is 11.4. The summed E-state index contributed by atoms with van der Waals surface area (Å²) in [6.45, 7) is 0.972. The summed E-state index contributed by atoms with van der Waals surface area (Å²) in [6, 6.07) is 4.03. The van der Waals surface area contributed by atoms with Crippen LogP contribution in [-0.2, 0) is 16.0 Å². The molecule has 0 unspecified atom stereocenters. The summed E-state index contributed by atoms with van der Waals surface area (Å²) < 4.78 is 0. The van der Waals surface area contributed by atoms with Crippen LogP contribution in [0.3, 0.4) is 0 Å². The maximum Gasteiger partial charge on any atom is 0.242 e. The van der Waals surface area contributed by atoms with E-state index in [4.69, 9.17) is 0 Å². The van der Waals surface area contributed by atoms with E-state index in [1.54, 1.807) is 16.2 Å². The molecule has 0 bridgehead atoms. The minimum Gasteiger partial charge on any atom is -0.345 e. The summed E-state index contributed by atoms with van der Waals surface area (Å²) in [5.74, 6) is -0.0630. The Morgan fingerprint density at radius 3 is 3.07 bits per heavy atom. The zero-order valence-electron chi connectivity index (χ0n) is 8.23. The molecule has 2 rings (SSSR count). The first-order valence-corrected chi connectivity index (χ1v) is 5.70. The number of nitrogens with one attached hydrogen (secondary N) is 1. The Bertz CT molecular complexity index is 362. The third-order valence-electron chi connectivity index (χ3n) is 2.33. The Kier molecular flexibility index (Phi) is 3.01. The molecule has 0 saturated carbocycles. The monoisotopic (exact) mass is 224 g/mol. The summed E-state index contributed by atoms with van der Waals surface area (Å²) >= 11 is 1.68. The zero-order chi connectivity index (χ0) is 10.7. The normalized spacial score (nSPS) is 16.7. The highest BCUT2D eigenvalue weighted by atomic mass is 32.1. The summed E-state index contributed by atoms with van der Waals surface area (Å²) in [4.78, 5) is 25.3. The van der Waals surface area contributed by atoms with Crippen LogP contribution in [0.15, 0.2) is 17.5 Å². The van der Waals surface area contributed by atoms with Crippen molar-refractivity contribution >= 4 is 23.2 Å². The molecule has 0 aliphatic carbocycles. The van der Waals surface area contributed by atoms with Crippen LogP contribution in [0.2, 0.25) is 0 Å². The maximum atomic E-state index is 11.4. The first kappa shape index (κ1) is 10.2. The summed E-state index contributed by atoms with van der Waals surface area (Å²) in [6.07, 6.45) is 0.830. The van der Waals surface area contributed by atoms with Crippen molar-refractivity contribution in [2.45, 2.75) is 6.42 Å². The molecule has 1 aromatic rings. The van der Waals surface area contributed by atoms with E-state index in [1.165, 1.54) is 4.88 Å². The lowest BCUT2D eigenvalue weighted by atomic mass is 10.3. The van der Waals surface area contributed by atoms with Crippen LogP contribution in [-0.4, -0.2) is 36.3 Å². The van der Waals surface area contributed by atoms with Gasteiger partial charge in [0.2, 0.25) is 11.8 Å². The van der Waals surface area contributed by atoms with E-state index in [2.05, 4.69) is 5.32 Å². The largest absolute Gasteiger partial charge is 0.345 e. The van der Waals surface area contributed by atoms with Crippen molar-refractivity contribution in [2.24, 2.45) is 0 Å². The number of rotatable bonds is 3. The molecule has 1 aliphatic heterocycles. The van der Waals surface area contributed by atoms with Gasteiger partial charge in [0.05, 0.1) is 13.1 Å². The summed E-state index contributed by atoms with van der Waals surface area (Å²) in [7, 11) is 0. The first-order valence-electron chi connectivity index (χ1n) is 4.82. The molecule has 1 saturated heterocycles. The Morgan fingerprint density at radius 1 is 1.47 bits per heavy atom. The minimum atomic E-state index is -0.0687. The van der Waals surface area contributed by atoms with Gasteiger partial charge in [-0.05, 0) is 17.9 Å². The third kappa shape index (κ3) is 2.56. The molecule has 1 aliphatic rings. The van der Waals surface area contributed by atoms with E-state index in [1.807, 2.05) is 17.5 Å². The van der Waals surface area contributed by atoms with Crippen LogP contribution in [0.5, 0.6) is 0 Å². The molecule has 80 valence electrons. The highest BCUT2D eigenvalue weighted by Crippen LogP contribution is 2.10. The van der Waals surface area contributed by atoms with Crippen molar-refractivity contribution < 1.29 is 9.59 Å². The van der Waals surface area contributed by atoms with Gasteiger partial charge >= 0.3 is 0 Å². The van der Waals surface area contributed by atoms with E-state index in [0.29, 0.717) is 6.54 Å². The fourth-order valence-electron chi connectivity index (χ4n) is 1.51. The highest BCUT2D eigenvalue weighted by Gasteiger charge is 2.22. The molecule has 4 nitrogen and oxygen atoms in total. The molecular weight excluding hydrogens is 212 g/mol. The van der Waals surface area contributed by atoms with Crippen molar-refractivity contribution in [3.05, 3.63) is 22.4 Å². The van der Waals surface area contributed by atoms with E-state index in [9.17, 15) is 9.59 Å². The van der Waals surface area contributed by atoms with E-state index < -0.39 is 0 Å². The second kappa shape index (κ2) is 4.44. The smallest absolute Gasteiger partial charge is 0.242 e. The van der Waals surface area contributed by atoms with Gasteiger partial charge in [-0.1, -0.05) is 6.07 Å². The number of hydrogen-bond acceptors (Lipinski definition) is 3. The van der Waals surface area contributed by atoms with Crippen LogP contribution in [0, 0.1) is 0 Å². The average molecular weight is 224 g/mol. The highest BCUT2D eigenvalue weighted by molar-refractivity contribution is 7.09. The molecule has 1 N–H and O–H groups in total. The molecule has 5 heteroatoms. The lowest BCUT2D eigenvalue weighted by Gasteiger charge is -2.26. The van der Waals surface area contributed by atoms with Crippen LogP contribution < -0.4 is 5.32 Å². The molecule has 15 heavy (non-hydrogen) atoms. The molecule has 0 atom stereocenters. The first-order chi connectivity index (χ1) is 7.25. The minimum absolute atomic E-state index is 0.00570. The van der Waals surface area contributed by atoms with Crippen LogP contribution in [0.1, 0.15) is 4.88 Å². The lowest BCUT2D eigenvalue weighted by Crippen LogP contribution is -2.51. The summed E-state index contributed by atoms with van der Waals surface area (Å²) in [5, 5.41) is 4.54. The van der Waals surface area contributed by atoms with Crippen molar-refractivity contribution in [1.82, 2.24) is 10.2 Å². The molecule has 1 fully saturated rings. The molecule has 0 aromatic carbocycles. The van der Waals surface area contributed by atoms with Gasteiger partial charge in [-0.2, -0.15) is 0 Å². The van der Waals surface area contributed by atoms with Gasteiger partial charge in [-0.25, -0.2) is 0 Å². The van der Waals surface area contributed by atoms with Gasteiger partial charge in [0.1, 0.15) is 0 Å².